The maximum atomic E-state index is 13.9. The Morgan fingerprint density at radius 1 is 1.32 bits per heavy atom. The number of rotatable bonds is 3. The average molecular weight is 344 g/mol. The highest BCUT2D eigenvalue weighted by atomic mass is 19.1. The predicted octanol–water partition coefficient (Wildman–Crippen LogP) is 2.58. The summed E-state index contributed by atoms with van der Waals surface area (Å²) in [6.07, 6.45) is 1.52. The molecule has 1 aromatic heterocycles. The van der Waals surface area contributed by atoms with E-state index in [9.17, 15) is 14.0 Å². The third kappa shape index (κ3) is 2.86. The molecule has 0 saturated carbocycles. The van der Waals surface area contributed by atoms with Gasteiger partial charge in [0.15, 0.2) is 0 Å². The lowest BCUT2D eigenvalue weighted by Gasteiger charge is -2.34. The number of halogens is 1. The smallest absolute Gasteiger partial charge is 0.338 e. The van der Waals surface area contributed by atoms with Crippen molar-refractivity contribution < 1.29 is 18.7 Å². The van der Waals surface area contributed by atoms with Gasteiger partial charge in [-0.25, -0.2) is 14.0 Å². The highest BCUT2D eigenvalue weighted by Gasteiger charge is 2.37. The molecule has 1 aromatic carbocycles. The monoisotopic (exact) mass is 344 g/mol. The minimum atomic E-state index is -0.728. The molecular weight excluding hydrogens is 327 g/mol. The van der Waals surface area contributed by atoms with Crippen LogP contribution in [-0.4, -0.2) is 29.3 Å². The molecule has 130 valence electrons. The van der Waals surface area contributed by atoms with Gasteiger partial charge in [0.05, 0.1) is 24.1 Å². The topological polar surface area (TPSA) is 87.3 Å². The number of aromatic nitrogens is 2. The quantitative estimate of drug-likeness (QED) is 0.838. The molecule has 1 aliphatic heterocycles. The molecule has 2 N–H and O–H groups in total. The maximum Gasteiger partial charge on any atom is 0.338 e. The SMILES string of the molecule is COC(=O)C1=C(C)N(c2ccc(C)c(F)c2)C(=O)N[C@@H]1c1ccn[nH]1. The molecule has 0 saturated heterocycles. The van der Waals surface area contributed by atoms with E-state index in [1.54, 1.807) is 32.0 Å². The van der Waals surface area contributed by atoms with E-state index in [2.05, 4.69) is 15.5 Å². The highest BCUT2D eigenvalue weighted by Crippen LogP contribution is 2.33. The Labute approximate surface area is 143 Å². The number of carbonyl (C=O) groups is 2. The Hall–Kier alpha value is -3.16. The molecule has 0 bridgehead atoms. The van der Waals surface area contributed by atoms with E-state index < -0.39 is 23.9 Å². The van der Waals surface area contributed by atoms with E-state index >= 15 is 0 Å². The van der Waals surface area contributed by atoms with Gasteiger partial charge in [0, 0.05) is 11.9 Å². The highest BCUT2D eigenvalue weighted by molar-refractivity contribution is 6.03. The summed E-state index contributed by atoms with van der Waals surface area (Å²) in [6, 6.07) is 4.89. The molecule has 25 heavy (non-hydrogen) atoms. The molecule has 7 nitrogen and oxygen atoms in total. The van der Waals surface area contributed by atoms with Crippen molar-refractivity contribution in [3.63, 3.8) is 0 Å². The van der Waals surface area contributed by atoms with E-state index in [0.717, 1.165) is 0 Å². The number of allylic oxidation sites excluding steroid dienone is 1. The molecule has 2 heterocycles. The zero-order chi connectivity index (χ0) is 18.1. The van der Waals surface area contributed by atoms with Crippen molar-refractivity contribution in [1.82, 2.24) is 15.5 Å². The van der Waals surface area contributed by atoms with E-state index in [1.807, 2.05) is 0 Å². The van der Waals surface area contributed by atoms with Crippen LogP contribution in [0.5, 0.6) is 0 Å². The van der Waals surface area contributed by atoms with Gasteiger partial charge < -0.3 is 10.1 Å². The van der Waals surface area contributed by atoms with Crippen LogP contribution in [0, 0.1) is 12.7 Å². The second-order valence-corrected chi connectivity index (χ2v) is 5.65. The van der Waals surface area contributed by atoms with E-state index in [4.69, 9.17) is 4.74 Å². The molecule has 8 heteroatoms. The Morgan fingerprint density at radius 2 is 2.08 bits per heavy atom. The number of aromatic amines is 1. The largest absolute Gasteiger partial charge is 0.466 e. The fourth-order valence-corrected chi connectivity index (χ4v) is 2.81. The van der Waals surface area contributed by atoms with Gasteiger partial charge in [-0.1, -0.05) is 6.07 Å². The van der Waals surface area contributed by atoms with E-state index in [1.165, 1.54) is 24.3 Å². The van der Waals surface area contributed by atoms with Crippen LogP contribution >= 0.6 is 0 Å². The molecule has 0 unspecified atom stereocenters. The van der Waals surface area contributed by atoms with Crippen molar-refractivity contribution in [1.29, 1.82) is 0 Å². The molecule has 1 atom stereocenters. The standard InChI is InChI=1S/C17H17FN4O3/c1-9-4-5-11(8-12(9)18)22-10(2)14(16(23)25-3)15(20-17(22)24)13-6-7-19-21-13/h4-8,15H,1-3H3,(H,19,21)(H,20,24)/t15-/m1/s1. The lowest BCUT2D eigenvalue weighted by atomic mass is 9.98. The number of ether oxygens (including phenoxy) is 1. The number of nitrogens with zero attached hydrogens (tertiary/aromatic N) is 2. The van der Waals surface area contributed by atoms with Crippen LogP contribution in [0.25, 0.3) is 0 Å². The number of methoxy groups -OCH3 is 1. The van der Waals surface area contributed by atoms with Crippen LogP contribution in [0.4, 0.5) is 14.9 Å². The van der Waals surface area contributed by atoms with Gasteiger partial charge in [0.2, 0.25) is 0 Å². The van der Waals surface area contributed by atoms with Gasteiger partial charge in [-0.2, -0.15) is 5.10 Å². The van der Waals surface area contributed by atoms with Gasteiger partial charge >= 0.3 is 12.0 Å². The third-order valence-corrected chi connectivity index (χ3v) is 4.14. The number of nitrogens with one attached hydrogen (secondary N) is 2. The fourth-order valence-electron chi connectivity index (χ4n) is 2.81. The minimum Gasteiger partial charge on any atom is -0.466 e. The van der Waals surface area contributed by atoms with Crippen molar-refractivity contribution in [2.75, 3.05) is 12.0 Å². The van der Waals surface area contributed by atoms with Crippen LogP contribution in [0.2, 0.25) is 0 Å². The molecular formula is C17H17FN4O3. The summed E-state index contributed by atoms with van der Waals surface area (Å²) in [7, 11) is 1.26. The van der Waals surface area contributed by atoms with Crippen molar-refractivity contribution in [2.45, 2.75) is 19.9 Å². The Kier molecular flexibility index (Phi) is 4.26. The third-order valence-electron chi connectivity index (χ3n) is 4.14. The fraction of sp³-hybridized carbons (Fsp3) is 0.235. The molecule has 0 spiro atoms. The number of amides is 2. The molecule has 2 amide bonds. The van der Waals surface area contributed by atoms with Crippen LogP contribution in [0.3, 0.4) is 0 Å². The molecule has 0 fully saturated rings. The summed E-state index contributed by atoms with van der Waals surface area (Å²) >= 11 is 0. The van der Waals surface area contributed by atoms with Crippen LogP contribution in [0.1, 0.15) is 24.2 Å². The number of urea groups is 1. The molecule has 3 rings (SSSR count). The second-order valence-electron chi connectivity index (χ2n) is 5.65. The summed E-state index contributed by atoms with van der Waals surface area (Å²) < 4.78 is 18.8. The minimum absolute atomic E-state index is 0.243. The summed E-state index contributed by atoms with van der Waals surface area (Å²) in [6.45, 7) is 3.25. The Balaban J connectivity index is 2.14. The normalized spacial score (nSPS) is 17.5. The maximum absolute atomic E-state index is 13.9. The van der Waals surface area contributed by atoms with E-state index in [0.29, 0.717) is 22.6 Å². The van der Waals surface area contributed by atoms with Gasteiger partial charge in [-0.15, -0.1) is 0 Å². The molecule has 1 aliphatic rings. The first-order valence-corrected chi connectivity index (χ1v) is 7.59. The molecule has 0 aliphatic carbocycles. The number of benzene rings is 1. The summed E-state index contributed by atoms with van der Waals surface area (Å²) in [5.74, 6) is -1.02. The predicted molar refractivity (Wildman–Crippen MR) is 88.2 cm³/mol. The molecule has 2 aromatic rings. The number of esters is 1. The first kappa shape index (κ1) is 16.7. The first-order valence-electron chi connectivity index (χ1n) is 7.59. The summed E-state index contributed by atoms with van der Waals surface area (Å²) in [5.41, 5.74) is 1.93. The van der Waals surface area contributed by atoms with Crippen LogP contribution < -0.4 is 10.2 Å². The van der Waals surface area contributed by atoms with Gasteiger partial charge in [-0.3, -0.25) is 10.00 Å². The zero-order valence-electron chi connectivity index (χ0n) is 14.0. The number of anilines is 1. The van der Waals surface area contributed by atoms with Crippen molar-refractivity contribution in [2.24, 2.45) is 0 Å². The second kappa shape index (κ2) is 6.39. The van der Waals surface area contributed by atoms with Crippen molar-refractivity contribution in [3.05, 3.63) is 58.8 Å². The first-order chi connectivity index (χ1) is 11.9. The van der Waals surface area contributed by atoms with Gasteiger partial charge in [-0.05, 0) is 37.6 Å². The molecule has 0 radical (unpaired) electrons. The number of carbonyl (C=O) groups excluding carboxylic acids is 2. The average Bonchev–Trinajstić information content (AvgIpc) is 3.11. The van der Waals surface area contributed by atoms with E-state index in [-0.39, 0.29) is 5.57 Å². The van der Waals surface area contributed by atoms with Crippen LogP contribution in [-0.2, 0) is 9.53 Å². The Morgan fingerprint density at radius 3 is 2.68 bits per heavy atom. The Bertz CT molecular complexity index is 861. The lowest BCUT2D eigenvalue weighted by molar-refractivity contribution is -0.136. The van der Waals surface area contributed by atoms with Gasteiger partial charge in [0.1, 0.15) is 11.9 Å². The number of aryl methyl sites for hydroxylation is 1. The van der Waals surface area contributed by atoms with Gasteiger partial charge in [0.25, 0.3) is 0 Å². The van der Waals surface area contributed by atoms with Crippen LogP contribution in [0.15, 0.2) is 41.7 Å². The number of H-pyrrole nitrogens is 1. The number of hydrogen-bond donors (Lipinski definition) is 2. The van der Waals surface area contributed by atoms with Crippen molar-refractivity contribution >= 4 is 17.7 Å². The lowest BCUT2D eigenvalue weighted by Crippen LogP contribution is -2.48. The zero-order valence-corrected chi connectivity index (χ0v) is 14.0. The number of hydrogen-bond acceptors (Lipinski definition) is 4. The summed E-state index contributed by atoms with van der Waals surface area (Å²) in [5, 5.41) is 9.33. The summed E-state index contributed by atoms with van der Waals surface area (Å²) in [4.78, 5) is 26.2. The van der Waals surface area contributed by atoms with Crippen molar-refractivity contribution in [3.8, 4) is 0 Å².